The topological polar surface area (TPSA) is 54.0 Å². The highest BCUT2D eigenvalue weighted by Crippen LogP contribution is 2.36. The van der Waals surface area contributed by atoms with Crippen LogP contribution in [-0.4, -0.2) is 12.6 Å². The first-order chi connectivity index (χ1) is 15.1. The first-order valence-corrected chi connectivity index (χ1v) is 11.1. The summed E-state index contributed by atoms with van der Waals surface area (Å²) in [5, 5.41) is 0. The quantitative estimate of drug-likeness (QED) is 0.363. The van der Waals surface area contributed by atoms with E-state index < -0.39 is 0 Å². The smallest absolute Gasteiger partial charge is 0.231 e. The fourth-order valence-corrected chi connectivity index (χ4v) is 4.31. The maximum absolute atomic E-state index is 12.7. The van der Waals surface area contributed by atoms with E-state index in [9.17, 15) is 4.79 Å². The van der Waals surface area contributed by atoms with Gasteiger partial charge in [-0.2, -0.15) is 0 Å². The van der Waals surface area contributed by atoms with Gasteiger partial charge in [-0.1, -0.05) is 44.0 Å². The van der Waals surface area contributed by atoms with Gasteiger partial charge in [-0.15, -0.1) is 0 Å². The van der Waals surface area contributed by atoms with Crippen molar-refractivity contribution in [1.82, 2.24) is 0 Å². The second-order valence-electron chi connectivity index (χ2n) is 7.10. The van der Waals surface area contributed by atoms with Crippen LogP contribution in [0.2, 0.25) is 0 Å². The van der Waals surface area contributed by atoms with Crippen LogP contribution in [0.15, 0.2) is 69.3 Å². The molecule has 2 aliphatic rings. The fraction of sp³-hybridized carbons (Fsp3) is 0.125. The zero-order chi connectivity index (χ0) is 21.4. The van der Waals surface area contributed by atoms with Gasteiger partial charge in [-0.25, -0.2) is 0 Å². The highest BCUT2D eigenvalue weighted by molar-refractivity contribution is 9.10. The molecule has 0 amide bonds. The minimum atomic E-state index is -0.140. The van der Waals surface area contributed by atoms with Gasteiger partial charge in [0.05, 0.1) is 12.2 Å². The molecule has 0 unspecified atom stereocenters. The largest absolute Gasteiger partial charge is 0.489 e. The lowest BCUT2D eigenvalue weighted by Gasteiger charge is -2.21. The predicted molar refractivity (Wildman–Crippen MR) is 122 cm³/mol. The molecule has 31 heavy (non-hydrogen) atoms. The first kappa shape index (κ1) is 20.3. The molecular formula is C24H16Br2O5. The maximum Gasteiger partial charge on any atom is 0.231 e. The lowest BCUT2D eigenvalue weighted by molar-refractivity contribution is -0.0176. The number of carbonyl (C=O) groups is 1. The summed E-state index contributed by atoms with van der Waals surface area (Å²) in [6.07, 6.45) is 1.74. The fourth-order valence-electron chi connectivity index (χ4n) is 3.49. The van der Waals surface area contributed by atoms with Gasteiger partial charge in [-0.3, -0.25) is 4.79 Å². The van der Waals surface area contributed by atoms with Crippen molar-refractivity contribution in [3.63, 3.8) is 0 Å². The molecule has 2 aliphatic heterocycles. The number of rotatable bonds is 4. The van der Waals surface area contributed by atoms with Crippen molar-refractivity contribution in [2.45, 2.75) is 13.2 Å². The zero-order valence-electron chi connectivity index (χ0n) is 16.2. The Labute approximate surface area is 195 Å². The monoisotopic (exact) mass is 542 g/mol. The molecule has 5 rings (SSSR count). The number of halogens is 2. The number of carbonyl (C=O) groups excluding carboxylic acids is 1. The van der Waals surface area contributed by atoms with Gasteiger partial charge in [-0.05, 0) is 48.0 Å². The molecule has 0 N–H and O–H groups in total. The van der Waals surface area contributed by atoms with Crippen LogP contribution in [0.4, 0.5) is 0 Å². The number of benzene rings is 3. The first-order valence-electron chi connectivity index (χ1n) is 9.55. The SMILES string of the molecule is O=C1/C(=C/c2ccc(Br)cc2)Oc2cc(OCc3cc(Br)cc4c3OCOC4)ccc21. The summed E-state index contributed by atoms with van der Waals surface area (Å²) in [5.74, 6) is 2.05. The lowest BCUT2D eigenvalue weighted by atomic mass is 10.1. The molecule has 5 nitrogen and oxygen atoms in total. The number of Topliss-reactive ketones (excluding diaryl/α,β-unsaturated/α-hetero) is 1. The van der Waals surface area contributed by atoms with E-state index in [0.717, 1.165) is 31.4 Å². The van der Waals surface area contributed by atoms with Crippen LogP contribution in [0, 0.1) is 0 Å². The van der Waals surface area contributed by atoms with Crippen molar-refractivity contribution in [1.29, 1.82) is 0 Å². The van der Waals surface area contributed by atoms with Crippen LogP contribution in [0.25, 0.3) is 6.08 Å². The Balaban J connectivity index is 1.34. The third kappa shape index (κ3) is 4.26. The number of hydrogen-bond acceptors (Lipinski definition) is 5. The van der Waals surface area contributed by atoms with Crippen LogP contribution in [-0.2, 0) is 18.0 Å². The molecule has 2 heterocycles. The van der Waals surface area contributed by atoms with Gasteiger partial charge in [0.1, 0.15) is 23.9 Å². The van der Waals surface area contributed by atoms with E-state index in [2.05, 4.69) is 31.9 Å². The molecular weight excluding hydrogens is 528 g/mol. The van der Waals surface area contributed by atoms with Crippen LogP contribution < -0.4 is 14.2 Å². The van der Waals surface area contributed by atoms with E-state index in [1.165, 1.54) is 0 Å². The Morgan fingerprint density at radius 2 is 1.84 bits per heavy atom. The van der Waals surface area contributed by atoms with Gasteiger partial charge in [0.25, 0.3) is 0 Å². The number of ether oxygens (including phenoxy) is 4. The normalized spacial score (nSPS) is 15.8. The van der Waals surface area contributed by atoms with Crippen molar-refractivity contribution in [3.05, 3.63) is 91.6 Å². The van der Waals surface area contributed by atoms with Crippen molar-refractivity contribution in [2.75, 3.05) is 6.79 Å². The third-order valence-corrected chi connectivity index (χ3v) is 5.94. The zero-order valence-corrected chi connectivity index (χ0v) is 19.4. The average Bonchev–Trinajstić information content (AvgIpc) is 3.08. The van der Waals surface area contributed by atoms with E-state index >= 15 is 0 Å². The molecule has 0 radical (unpaired) electrons. The van der Waals surface area contributed by atoms with Gasteiger partial charge in [0.15, 0.2) is 12.6 Å². The van der Waals surface area contributed by atoms with Crippen molar-refractivity contribution in [3.8, 4) is 17.2 Å². The van der Waals surface area contributed by atoms with E-state index in [1.807, 2.05) is 36.4 Å². The summed E-state index contributed by atoms with van der Waals surface area (Å²) in [5.41, 5.74) is 3.31. The molecule has 156 valence electrons. The maximum atomic E-state index is 12.7. The second-order valence-corrected chi connectivity index (χ2v) is 8.93. The molecule has 0 saturated heterocycles. The molecule has 0 aliphatic carbocycles. The van der Waals surface area contributed by atoms with Crippen LogP contribution in [0.1, 0.15) is 27.0 Å². The Bertz CT molecular complexity index is 1200. The number of ketones is 1. The molecule has 0 bridgehead atoms. The van der Waals surface area contributed by atoms with Gasteiger partial charge < -0.3 is 18.9 Å². The predicted octanol–water partition coefficient (Wildman–Crippen LogP) is 6.27. The Morgan fingerprint density at radius 1 is 1.00 bits per heavy atom. The molecule has 3 aromatic rings. The molecule has 0 saturated carbocycles. The average molecular weight is 544 g/mol. The second kappa shape index (κ2) is 8.49. The van der Waals surface area contributed by atoms with Crippen molar-refractivity contribution in [2.24, 2.45) is 0 Å². The highest BCUT2D eigenvalue weighted by atomic mass is 79.9. The summed E-state index contributed by atoms with van der Waals surface area (Å²) in [7, 11) is 0. The van der Waals surface area contributed by atoms with E-state index in [-0.39, 0.29) is 12.6 Å². The standard InChI is InChI=1S/C24H16Br2O5/c25-17-3-1-14(2-4-17)7-22-23(27)20-6-5-19(10-21(20)31-22)29-12-16-9-18(26)8-15-11-28-13-30-24(15)16/h1-10H,11-13H2/b22-7-. The number of allylic oxidation sites excluding steroid dienone is 1. The molecule has 7 heteroatoms. The minimum Gasteiger partial charge on any atom is -0.489 e. The molecule has 0 atom stereocenters. The molecule has 0 aromatic heterocycles. The Kier molecular flexibility index (Phi) is 5.56. The van der Waals surface area contributed by atoms with Gasteiger partial charge in [0.2, 0.25) is 5.78 Å². The molecule has 3 aromatic carbocycles. The Morgan fingerprint density at radius 3 is 2.68 bits per heavy atom. The van der Waals surface area contributed by atoms with Crippen molar-refractivity contribution < 1.29 is 23.7 Å². The van der Waals surface area contributed by atoms with Crippen LogP contribution >= 0.6 is 31.9 Å². The van der Waals surface area contributed by atoms with Gasteiger partial charge in [0, 0.05) is 26.1 Å². The van der Waals surface area contributed by atoms with E-state index in [1.54, 1.807) is 24.3 Å². The summed E-state index contributed by atoms with van der Waals surface area (Å²) in [6, 6.07) is 16.9. The van der Waals surface area contributed by atoms with Crippen LogP contribution in [0.3, 0.4) is 0 Å². The van der Waals surface area contributed by atoms with Crippen molar-refractivity contribution >= 4 is 43.7 Å². The number of hydrogen-bond donors (Lipinski definition) is 0. The third-order valence-electron chi connectivity index (χ3n) is 4.96. The number of fused-ring (bicyclic) bond motifs is 2. The minimum absolute atomic E-state index is 0.140. The molecule has 0 fully saturated rings. The molecule has 0 spiro atoms. The highest BCUT2D eigenvalue weighted by Gasteiger charge is 2.28. The summed E-state index contributed by atoms with van der Waals surface area (Å²) in [4.78, 5) is 12.7. The van der Waals surface area contributed by atoms with E-state index in [0.29, 0.717) is 36.0 Å². The van der Waals surface area contributed by atoms with Gasteiger partial charge >= 0.3 is 0 Å². The summed E-state index contributed by atoms with van der Waals surface area (Å²) in [6.45, 7) is 1.05. The van der Waals surface area contributed by atoms with E-state index in [4.69, 9.17) is 18.9 Å². The van der Waals surface area contributed by atoms with Crippen LogP contribution in [0.5, 0.6) is 17.2 Å². The Hall–Kier alpha value is -2.61. The lowest BCUT2D eigenvalue weighted by Crippen LogP contribution is -2.14. The summed E-state index contributed by atoms with van der Waals surface area (Å²) >= 11 is 6.93. The summed E-state index contributed by atoms with van der Waals surface area (Å²) < 4.78 is 24.7.